The van der Waals surface area contributed by atoms with Crippen LogP contribution in [0.4, 0.5) is 10.1 Å². The minimum atomic E-state index is -0.252. The molecule has 5 heteroatoms. The highest BCUT2D eigenvalue weighted by molar-refractivity contribution is 5.94. The molecular formula is C21H24FN3O. The minimum Gasteiger partial charge on any atom is -0.380 e. The monoisotopic (exact) mass is 353 g/mol. The molecule has 0 saturated heterocycles. The standard InChI is InChI=1S/C21H24FN3O/c22-19-8-6-17(7-9-19)13-25-20-12-18(14-23-15-20)21(26)24-11-10-16-4-2-1-3-5-16/h4,6-9,12,14-15,25H,1-3,5,10-11,13H2,(H,24,26). The lowest BCUT2D eigenvalue weighted by Gasteiger charge is -2.13. The molecule has 1 amide bonds. The van der Waals surface area contributed by atoms with E-state index < -0.39 is 0 Å². The van der Waals surface area contributed by atoms with Crippen molar-refractivity contribution in [3.8, 4) is 0 Å². The first-order valence-electron chi connectivity index (χ1n) is 9.10. The number of rotatable bonds is 7. The molecule has 1 aromatic carbocycles. The number of carbonyl (C=O) groups excluding carboxylic acids is 1. The van der Waals surface area contributed by atoms with Crippen LogP contribution in [0.2, 0.25) is 0 Å². The first kappa shape index (κ1) is 18.1. The van der Waals surface area contributed by atoms with Crippen molar-refractivity contribution in [2.24, 2.45) is 0 Å². The third kappa shape index (κ3) is 5.41. The van der Waals surface area contributed by atoms with Crippen molar-refractivity contribution in [2.75, 3.05) is 11.9 Å². The number of carbonyl (C=O) groups is 1. The van der Waals surface area contributed by atoms with Crippen molar-refractivity contribution in [1.29, 1.82) is 0 Å². The second kappa shape index (κ2) is 9.13. The molecule has 0 fully saturated rings. The molecule has 0 radical (unpaired) electrons. The fraction of sp³-hybridized carbons (Fsp3) is 0.333. The summed E-state index contributed by atoms with van der Waals surface area (Å²) in [7, 11) is 0. The number of amides is 1. The van der Waals surface area contributed by atoms with Gasteiger partial charge in [-0.3, -0.25) is 9.78 Å². The number of hydrogen-bond donors (Lipinski definition) is 2. The zero-order chi connectivity index (χ0) is 18.2. The molecule has 0 unspecified atom stereocenters. The van der Waals surface area contributed by atoms with Crippen LogP contribution in [-0.4, -0.2) is 17.4 Å². The van der Waals surface area contributed by atoms with E-state index in [4.69, 9.17) is 0 Å². The van der Waals surface area contributed by atoms with Crippen molar-refractivity contribution in [2.45, 2.75) is 38.6 Å². The summed E-state index contributed by atoms with van der Waals surface area (Å²) in [6, 6.07) is 8.10. The van der Waals surface area contributed by atoms with Crippen molar-refractivity contribution in [3.63, 3.8) is 0 Å². The minimum absolute atomic E-state index is 0.112. The molecule has 0 saturated carbocycles. The van der Waals surface area contributed by atoms with Crippen LogP contribution >= 0.6 is 0 Å². The Bertz CT molecular complexity index is 771. The molecule has 1 aromatic heterocycles. The van der Waals surface area contributed by atoms with Gasteiger partial charge in [0.2, 0.25) is 0 Å². The number of allylic oxidation sites excluding steroid dienone is 1. The number of nitrogens with zero attached hydrogens (tertiary/aromatic N) is 1. The highest BCUT2D eigenvalue weighted by atomic mass is 19.1. The Morgan fingerprint density at radius 1 is 1.15 bits per heavy atom. The summed E-state index contributed by atoms with van der Waals surface area (Å²) in [4.78, 5) is 16.4. The highest BCUT2D eigenvalue weighted by Crippen LogP contribution is 2.19. The molecule has 136 valence electrons. The molecule has 2 aromatic rings. The fourth-order valence-electron chi connectivity index (χ4n) is 3.04. The van der Waals surface area contributed by atoms with Crippen molar-refractivity contribution in [1.82, 2.24) is 10.3 Å². The first-order valence-corrected chi connectivity index (χ1v) is 9.10. The molecule has 1 aliphatic rings. The van der Waals surface area contributed by atoms with E-state index >= 15 is 0 Å². The Hall–Kier alpha value is -2.69. The molecular weight excluding hydrogens is 329 g/mol. The van der Waals surface area contributed by atoms with Crippen LogP contribution in [0.15, 0.2) is 54.4 Å². The van der Waals surface area contributed by atoms with Gasteiger partial charge in [-0.15, -0.1) is 0 Å². The van der Waals surface area contributed by atoms with Gasteiger partial charge in [-0.25, -0.2) is 4.39 Å². The van der Waals surface area contributed by atoms with Gasteiger partial charge in [0.25, 0.3) is 5.91 Å². The van der Waals surface area contributed by atoms with Crippen LogP contribution in [0.25, 0.3) is 0 Å². The molecule has 2 N–H and O–H groups in total. The van der Waals surface area contributed by atoms with Crippen LogP contribution in [0, 0.1) is 5.82 Å². The predicted octanol–water partition coefficient (Wildman–Crippen LogP) is 4.45. The van der Waals surface area contributed by atoms with E-state index in [0.717, 1.165) is 30.5 Å². The van der Waals surface area contributed by atoms with Gasteiger partial charge in [-0.05, 0) is 55.9 Å². The number of anilines is 1. The molecule has 1 heterocycles. The lowest BCUT2D eigenvalue weighted by molar-refractivity contribution is 0.0953. The molecule has 4 nitrogen and oxygen atoms in total. The predicted molar refractivity (Wildman–Crippen MR) is 101 cm³/mol. The summed E-state index contributed by atoms with van der Waals surface area (Å²) in [5.41, 5.74) is 3.70. The Morgan fingerprint density at radius 3 is 2.77 bits per heavy atom. The highest BCUT2D eigenvalue weighted by Gasteiger charge is 2.08. The third-order valence-electron chi connectivity index (χ3n) is 4.53. The van der Waals surface area contributed by atoms with Crippen LogP contribution in [-0.2, 0) is 6.54 Å². The fourth-order valence-corrected chi connectivity index (χ4v) is 3.04. The van der Waals surface area contributed by atoms with Crippen LogP contribution in [0.1, 0.15) is 48.0 Å². The molecule has 3 rings (SSSR count). The molecule has 1 aliphatic carbocycles. The van der Waals surface area contributed by atoms with E-state index in [1.807, 2.05) is 0 Å². The van der Waals surface area contributed by atoms with Gasteiger partial charge in [0.1, 0.15) is 5.82 Å². The van der Waals surface area contributed by atoms with Gasteiger partial charge in [0.05, 0.1) is 11.3 Å². The summed E-state index contributed by atoms with van der Waals surface area (Å²) in [5.74, 6) is -0.364. The maximum atomic E-state index is 12.9. The molecule has 0 atom stereocenters. The van der Waals surface area contributed by atoms with Gasteiger partial charge in [0.15, 0.2) is 0 Å². The summed E-state index contributed by atoms with van der Waals surface area (Å²) in [5, 5.41) is 6.17. The Morgan fingerprint density at radius 2 is 2.00 bits per heavy atom. The second-order valence-corrected chi connectivity index (χ2v) is 6.56. The lowest BCUT2D eigenvalue weighted by atomic mass is 9.97. The molecule has 0 aliphatic heterocycles. The van der Waals surface area contributed by atoms with Gasteiger partial charge in [-0.1, -0.05) is 23.8 Å². The van der Waals surface area contributed by atoms with Gasteiger partial charge in [0, 0.05) is 25.5 Å². The molecule has 0 spiro atoms. The number of aromatic nitrogens is 1. The topological polar surface area (TPSA) is 54.0 Å². The number of hydrogen-bond acceptors (Lipinski definition) is 3. The third-order valence-corrected chi connectivity index (χ3v) is 4.53. The Balaban J connectivity index is 1.50. The largest absolute Gasteiger partial charge is 0.380 e. The maximum absolute atomic E-state index is 12.9. The Kier molecular flexibility index (Phi) is 6.36. The van der Waals surface area contributed by atoms with Gasteiger partial charge >= 0.3 is 0 Å². The zero-order valence-electron chi connectivity index (χ0n) is 14.8. The number of pyridine rings is 1. The van der Waals surface area contributed by atoms with Crippen LogP contribution < -0.4 is 10.6 Å². The van der Waals surface area contributed by atoms with E-state index in [-0.39, 0.29) is 11.7 Å². The summed E-state index contributed by atoms with van der Waals surface area (Å²) < 4.78 is 12.9. The second-order valence-electron chi connectivity index (χ2n) is 6.56. The van der Waals surface area contributed by atoms with E-state index in [2.05, 4.69) is 21.7 Å². The number of benzene rings is 1. The van der Waals surface area contributed by atoms with Crippen molar-refractivity contribution in [3.05, 3.63) is 71.3 Å². The average Bonchev–Trinajstić information content (AvgIpc) is 2.68. The first-order chi connectivity index (χ1) is 12.7. The summed E-state index contributed by atoms with van der Waals surface area (Å²) >= 11 is 0. The number of halogens is 1. The van der Waals surface area contributed by atoms with Gasteiger partial charge < -0.3 is 10.6 Å². The zero-order valence-corrected chi connectivity index (χ0v) is 14.8. The average molecular weight is 353 g/mol. The summed E-state index contributed by atoms with van der Waals surface area (Å²) in [6.45, 7) is 1.19. The van der Waals surface area contributed by atoms with Crippen LogP contribution in [0.5, 0.6) is 0 Å². The summed E-state index contributed by atoms with van der Waals surface area (Å²) in [6.07, 6.45) is 11.3. The quantitative estimate of drug-likeness (QED) is 0.723. The molecule has 0 bridgehead atoms. The normalized spacial score (nSPS) is 13.8. The van der Waals surface area contributed by atoms with Crippen molar-refractivity contribution >= 4 is 11.6 Å². The van der Waals surface area contributed by atoms with Crippen LogP contribution in [0.3, 0.4) is 0 Å². The van der Waals surface area contributed by atoms with Crippen molar-refractivity contribution < 1.29 is 9.18 Å². The van der Waals surface area contributed by atoms with E-state index in [1.165, 1.54) is 30.5 Å². The van der Waals surface area contributed by atoms with E-state index in [0.29, 0.717) is 18.7 Å². The number of nitrogens with one attached hydrogen (secondary N) is 2. The van der Waals surface area contributed by atoms with E-state index in [1.54, 1.807) is 30.6 Å². The lowest BCUT2D eigenvalue weighted by Crippen LogP contribution is -2.25. The smallest absolute Gasteiger partial charge is 0.252 e. The van der Waals surface area contributed by atoms with E-state index in [9.17, 15) is 9.18 Å². The SMILES string of the molecule is O=C(NCCC1=CCCCC1)c1cncc(NCc2ccc(F)cc2)c1. The molecule has 26 heavy (non-hydrogen) atoms. The maximum Gasteiger partial charge on any atom is 0.252 e. The van der Waals surface area contributed by atoms with Gasteiger partial charge in [-0.2, -0.15) is 0 Å². The Labute approximate surface area is 153 Å².